The molecule has 2 aliphatic rings. The number of hydrogen-bond donors (Lipinski definition) is 1. The summed E-state index contributed by atoms with van der Waals surface area (Å²) in [5, 5.41) is 4.98. The van der Waals surface area contributed by atoms with Gasteiger partial charge in [0.15, 0.2) is 0 Å². The molecule has 0 aromatic heterocycles. The standard InChI is InChI=1S/C27H30FN3O/c1-20-23-11-10-22(18-21(23)19-29-20)32-17-3-2-12-30-13-15-31(16-14-30)27-9-5-6-24-25(27)7-4-8-26(24)28/h4-11,18,29H,1-3,12-17,19H2. The van der Waals surface area contributed by atoms with Crippen LogP contribution >= 0.6 is 0 Å². The highest BCUT2D eigenvalue weighted by Gasteiger charge is 2.19. The summed E-state index contributed by atoms with van der Waals surface area (Å²) in [7, 11) is 0. The highest BCUT2D eigenvalue weighted by Crippen LogP contribution is 2.29. The topological polar surface area (TPSA) is 27.7 Å². The lowest BCUT2D eigenvalue weighted by Gasteiger charge is -2.36. The third-order valence-corrected chi connectivity index (χ3v) is 6.59. The molecule has 1 fully saturated rings. The highest BCUT2D eigenvalue weighted by molar-refractivity contribution is 5.94. The van der Waals surface area contributed by atoms with Crippen molar-refractivity contribution in [3.8, 4) is 5.75 Å². The van der Waals surface area contributed by atoms with Gasteiger partial charge in [-0.05, 0) is 55.3 Å². The van der Waals surface area contributed by atoms with Gasteiger partial charge >= 0.3 is 0 Å². The molecule has 5 rings (SSSR count). The van der Waals surface area contributed by atoms with E-state index in [1.165, 1.54) is 17.2 Å². The second-order valence-electron chi connectivity index (χ2n) is 8.65. The first kappa shape index (κ1) is 20.8. The van der Waals surface area contributed by atoms with E-state index < -0.39 is 0 Å². The van der Waals surface area contributed by atoms with Crippen molar-refractivity contribution in [1.82, 2.24) is 10.2 Å². The Hall–Kier alpha value is -3.05. The van der Waals surface area contributed by atoms with Gasteiger partial charge in [0, 0.05) is 60.4 Å². The molecule has 0 aliphatic carbocycles. The van der Waals surface area contributed by atoms with E-state index >= 15 is 0 Å². The Kier molecular flexibility index (Phi) is 5.99. The van der Waals surface area contributed by atoms with Crippen molar-refractivity contribution < 1.29 is 9.13 Å². The maximum Gasteiger partial charge on any atom is 0.131 e. The number of hydrogen-bond acceptors (Lipinski definition) is 4. The molecule has 32 heavy (non-hydrogen) atoms. The van der Waals surface area contributed by atoms with Gasteiger partial charge in [0.2, 0.25) is 0 Å². The summed E-state index contributed by atoms with van der Waals surface area (Å²) in [6, 6.07) is 17.5. The second-order valence-corrected chi connectivity index (χ2v) is 8.65. The Balaban J connectivity index is 1.06. The largest absolute Gasteiger partial charge is 0.494 e. The van der Waals surface area contributed by atoms with Crippen molar-refractivity contribution >= 4 is 22.2 Å². The lowest BCUT2D eigenvalue weighted by atomic mass is 10.1. The predicted molar refractivity (Wildman–Crippen MR) is 130 cm³/mol. The zero-order valence-corrected chi connectivity index (χ0v) is 18.4. The molecule has 0 unspecified atom stereocenters. The first-order valence-electron chi connectivity index (χ1n) is 11.5. The Bertz CT molecular complexity index is 1120. The molecule has 0 radical (unpaired) electrons. The number of halogens is 1. The van der Waals surface area contributed by atoms with Gasteiger partial charge in [-0.15, -0.1) is 0 Å². The minimum atomic E-state index is -0.146. The van der Waals surface area contributed by atoms with E-state index in [1.807, 2.05) is 24.3 Å². The quantitative estimate of drug-likeness (QED) is 0.531. The molecule has 5 heteroatoms. The normalized spacial score (nSPS) is 16.3. The van der Waals surface area contributed by atoms with Crippen LogP contribution in [0.15, 0.2) is 61.2 Å². The van der Waals surface area contributed by atoms with Crippen LogP contribution in [-0.4, -0.2) is 44.2 Å². The lowest BCUT2D eigenvalue weighted by molar-refractivity contribution is 0.238. The van der Waals surface area contributed by atoms with Crippen LogP contribution in [-0.2, 0) is 6.54 Å². The second kappa shape index (κ2) is 9.21. The zero-order chi connectivity index (χ0) is 21.9. The van der Waals surface area contributed by atoms with Crippen molar-refractivity contribution in [3.63, 3.8) is 0 Å². The lowest BCUT2D eigenvalue weighted by Crippen LogP contribution is -2.46. The fourth-order valence-electron chi connectivity index (χ4n) is 4.77. The van der Waals surface area contributed by atoms with Crippen LogP contribution in [0.1, 0.15) is 24.0 Å². The van der Waals surface area contributed by atoms with Gasteiger partial charge in [-0.25, -0.2) is 4.39 Å². The third kappa shape index (κ3) is 4.30. The molecule has 1 saturated heterocycles. The summed E-state index contributed by atoms with van der Waals surface area (Å²) in [4.78, 5) is 4.91. The number of rotatable bonds is 7. The third-order valence-electron chi connectivity index (χ3n) is 6.59. The molecule has 3 aromatic carbocycles. The molecule has 0 atom stereocenters. The molecular formula is C27H30FN3O. The van der Waals surface area contributed by atoms with Crippen LogP contribution in [0.2, 0.25) is 0 Å². The van der Waals surface area contributed by atoms with Crippen LogP contribution in [0.3, 0.4) is 0 Å². The smallest absolute Gasteiger partial charge is 0.131 e. The molecule has 1 N–H and O–H groups in total. The highest BCUT2D eigenvalue weighted by atomic mass is 19.1. The Morgan fingerprint density at radius 2 is 1.75 bits per heavy atom. The van der Waals surface area contributed by atoms with Crippen molar-refractivity contribution in [3.05, 3.63) is 78.1 Å². The van der Waals surface area contributed by atoms with Gasteiger partial charge in [0.25, 0.3) is 0 Å². The molecular weight excluding hydrogens is 401 g/mol. The summed E-state index contributed by atoms with van der Waals surface area (Å²) in [6.07, 6.45) is 2.17. The van der Waals surface area contributed by atoms with Gasteiger partial charge in [-0.3, -0.25) is 4.90 Å². The number of nitrogens with zero attached hydrogens (tertiary/aromatic N) is 2. The number of anilines is 1. The molecule has 4 nitrogen and oxygen atoms in total. The van der Waals surface area contributed by atoms with Gasteiger partial charge in [0.05, 0.1) is 6.61 Å². The minimum absolute atomic E-state index is 0.146. The maximum atomic E-state index is 14.1. The van der Waals surface area contributed by atoms with Crippen molar-refractivity contribution in [2.75, 3.05) is 44.2 Å². The molecule has 2 heterocycles. The van der Waals surface area contributed by atoms with Gasteiger partial charge in [-0.2, -0.15) is 0 Å². The summed E-state index contributed by atoms with van der Waals surface area (Å²) < 4.78 is 20.1. The zero-order valence-electron chi connectivity index (χ0n) is 18.4. The van der Waals surface area contributed by atoms with Gasteiger partial charge in [0.1, 0.15) is 11.6 Å². The average Bonchev–Trinajstić information content (AvgIpc) is 3.19. The fraction of sp³-hybridized carbons (Fsp3) is 0.333. The molecule has 3 aromatic rings. The van der Waals surface area contributed by atoms with Gasteiger partial charge in [-0.1, -0.05) is 30.8 Å². The average molecular weight is 432 g/mol. The Labute approximate surface area is 189 Å². The summed E-state index contributed by atoms with van der Waals surface area (Å²) in [5.41, 5.74) is 4.60. The molecule has 2 aliphatic heterocycles. The SMILES string of the molecule is C=C1NCc2cc(OCCCCN3CCN(c4cccc5c(F)cccc45)CC3)ccc21. The first-order valence-corrected chi connectivity index (χ1v) is 11.5. The van der Waals surface area contributed by atoms with E-state index in [9.17, 15) is 4.39 Å². The van der Waals surface area contributed by atoms with Crippen LogP contribution in [0.4, 0.5) is 10.1 Å². The van der Waals surface area contributed by atoms with E-state index in [2.05, 4.69) is 39.9 Å². The van der Waals surface area contributed by atoms with Crippen molar-refractivity contribution in [2.24, 2.45) is 0 Å². The van der Waals surface area contributed by atoms with E-state index in [1.54, 1.807) is 6.07 Å². The number of unbranched alkanes of at least 4 members (excludes halogenated alkanes) is 1. The number of nitrogens with one attached hydrogen (secondary N) is 1. The van der Waals surface area contributed by atoms with Gasteiger partial charge < -0.3 is 15.0 Å². The minimum Gasteiger partial charge on any atom is -0.494 e. The van der Waals surface area contributed by atoms with E-state index in [0.717, 1.165) is 81.2 Å². The van der Waals surface area contributed by atoms with Crippen LogP contribution in [0, 0.1) is 5.82 Å². The fourth-order valence-corrected chi connectivity index (χ4v) is 4.77. The monoisotopic (exact) mass is 431 g/mol. The van der Waals surface area contributed by atoms with E-state index in [4.69, 9.17) is 4.74 Å². The molecule has 0 amide bonds. The Morgan fingerprint density at radius 3 is 2.62 bits per heavy atom. The molecule has 0 spiro atoms. The summed E-state index contributed by atoms with van der Waals surface area (Å²) >= 11 is 0. The summed E-state index contributed by atoms with van der Waals surface area (Å²) in [6.45, 7) is 10.7. The van der Waals surface area contributed by atoms with Crippen LogP contribution in [0.5, 0.6) is 5.75 Å². The van der Waals surface area contributed by atoms with E-state index in [-0.39, 0.29) is 5.82 Å². The Morgan fingerprint density at radius 1 is 0.938 bits per heavy atom. The van der Waals surface area contributed by atoms with Crippen molar-refractivity contribution in [2.45, 2.75) is 19.4 Å². The maximum absolute atomic E-state index is 14.1. The predicted octanol–water partition coefficient (Wildman–Crippen LogP) is 5.03. The number of ether oxygens (including phenoxy) is 1. The summed E-state index contributed by atoms with van der Waals surface area (Å²) in [5.74, 6) is 0.799. The number of piperazine rings is 1. The number of fused-ring (bicyclic) bond motifs is 2. The van der Waals surface area contributed by atoms with E-state index in [0.29, 0.717) is 5.39 Å². The molecule has 0 bridgehead atoms. The first-order chi connectivity index (χ1) is 15.7. The van der Waals surface area contributed by atoms with Crippen molar-refractivity contribution in [1.29, 1.82) is 0 Å². The van der Waals surface area contributed by atoms with Crippen LogP contribution in [0.25, 0.3) is 16.5 Å². The van der Waals surface area contributed by atoms with Crippen LogP contribution < -0.4 is 15.0 Å². The molecule has 0 saturated carbocycles. The number of benzene rings is 3. The molecule has 166 valence electrons.